The molecule has 1 N–H and O–H groups in total. The molecule has 3 rings (SSSR count). The molecule has 17 heavy (non-hydrogen) atoms. The summed E-state index contributed by atoms with van der Waals surface area (Å²) < 4.78 is 5.09. The molecule has 5 nitrogen and oxygen atoms in total. The maximum atomic E-state index is 11.6. The molecular formula is C11H11NO4S. The van der Waals surface area contributed by atoms with Crippen LogP contribution in [0.5, 0.6) is 0 Å². The molecule has 1 aromatic heterocycles. The minimum absolute atomic E-state index is 0.0206. The molecule has 0 atom stereocenters. The molecule has 1 spiro atoms. The highest BCUT2D eigenvalue weighted by Crippen LogP contribution is 2.58. The third kappa shape index (κ3) is 1.55. The van der Waals surface area contributed by atoms with Gasteiger partial charge in [-0.05, 0) is 12.8 Å². The number of furan rings is 1. The Labute approximate surface area is 102 Å². The van der Waals surface area contributed by atoms with Crippen molar-refractivity contribution >= 4 is 29.3 Å². The first-order valence-corrected chi connectivity index (χ1v) is 6.16. The first-order valence-electron chi connectivity index (χ1n) is 5.34. The van der Waals surface area contributed by atoms with Crippen molar-refractivity contribution in [3.63, 3.8) is 0 Å². The molecule has 1 saturated carbocycles. The van der Waals surface area contributed by atoms with Crippen LogP contribution in [0.4, 0.5) is 5.69 Å². The maximum Gasteiger partial charge on any atom is 0.373 e. The zero-order valence-corrected chi connectivity index (χ0v) is 10.0. The van der Waals surface area contributed by atoms with Crippen LogP contribution < -0.4 is 4.90 Å². The predicted octanol–water partition coefficient (Wildman–Crippen LogP) is 1.97. The van der Waals surface area contributed by atoms with Crippen molar-refractivity contribution in [3.05, 3.63) is 12.0 Å². The molecule has 1 aromatic rings. The highest BCUT2D eigenvalue weighted by atomic mass is 32.2. The van der Waals surface area contributed by atoms with Gasteiger partial charge in [0, 0.05) is 18.2 Å². The van der Waals surface area contributed by atoms with Gasteiger partial charge in [-0.2, -0.15) is 0 Å². The second-order valence-corrected chi connectivity index (χ2v) is 5.95. The van der Waals surface area contributed by atoms with Crippen molar-refractivity contribution < 1.29 is 19.1 Å². The van der Waals surface area contributed by atoms with Gasteiger partial charge >= 0.3 is 5.97 Å². The number of rotatable bonds is 1. The molecule has 1 aliphatic heterocycles. The summed E-state index contributed by atoms with van der Waals surface area (Å²) >= 11 is 1.54. The standard InChI is InChI=1S/C11H11NO4S/c1-6(13)12-5-11(2-3-11)17-9-7(12)4-16-8(9)10(14)15/h4H,2-3,5H2,1H3,(H,14,15). The number of carbonyl (C=O) groups is 2. The van der Waals surface area contributed by atoms with Gasteiger partial charge in [0.1, 0.15) is 6.26 Å². The van der Waals surface area contributed by atoms with E-state index in [-0.39, 0.29) is 16.4 Å². The van der Waals surface area contributed by atoms with Gasteiger partial charge in [-0.15, -0.1) is 11.8 Å². The van der Waals surface area contributed by atoms with Gasteiger partial charge in [-0.3, -0.25) is 4.79 Å². The van der Waals surface area contributed by atoms with Gasteiger partial charge in [0.2, 0.25) is 11.7 Å². The van der Waals surface area contributed by atoms with E-state index in [1.807, 2.05) is 0 Å². The topological polar surface area (TPSA) is 70.8 Å². The molecule has 90 valence electrons. The third-order valence-corrected chi connectivity index (χ3v) is 4.73. The van der Waals surface area contributed by atoms with Crippen LogP contribution in [0.15, 0.2) is 15.6 Å². The highest BCUT2D eigenvalue weighted by molar-refractivity contribution is 8.01. The van der Waals surface area contributed by atoms with Crippen molar-refractivity contribution in [2.75, 3.05) is 11.4 Å². The lowest BCUT2D eigenvalue weighted by molar-refractivity contribution is -0.116. The minimum Gasteiger partial charge on any atom is -0.475 e. The van der Waals surface area contributed by atoms with E-state index in [9.17, 15) is 9.59 Å². The Morgan fingerprint density at radius 3 is 2.76 bits per heavy atom. The zero-order chi connectivity index (χ0) is 12.2. The van der Waals surface area contributed by atoms with Gasteiger partial charge in [0.25, 0.3) is 0 Å². The minimum atomic E-state index is -1.08. The zero-order valence-electron chi connectivity index (χ0n) is 9.23. The third-order valence-electron chi connectivity index (χ3n) is 3.16. The fourth-order valence-electron chi connectivity index (χ4n) is 2.07. The van der Waals surface area contributed by atoms with E-state index in [1.165, 1.54) is 24.9 Å². The largest absolute Gasteiger partial charge is 0.475 e. The van der Waals surface area contributed by atoms with E-state index in [0.29, 0.717) is 17.1 Å². The van der Waals surface area contributed by atoms with Crippen LogP contribution in [-0.2, 0) is 4.79 Å². The molecule has 0 bridgehead atoms. The smallest absolute Gasteiger partial charge is 0.373 e. The number of thioether (sulfide) groups is 1. The molecule has 0 saturated heterocycles. The predicted molar refractivity (Wildman–Crippen MR) is 61.5 cm³/mol. The van der Waals surface area contributed by atoms with Crippen molar-refractivity contribution in [1.82, 2.24) is 0 Å². The summed E-state index contributed by atoms with van der Waals surface area (Å²) in [7, 11) is 0. The van der Waals surface area contributed by atoms with Crippen LogP contribution in [-0.4, -0.2) is 28.3 Å². The number of hydrogen-bond donors (Lipinski definition) is 1. The van der Waals surface area contributed by atoms with E-state index < -0.39 is 5.97 Å². The van der Waals surface area contributed by atoms with E-state index >= 15 is 0 Å². The van der Waals surface area contributed by atoms with E-state index in [0.717, 1.165) is 12.8 Å². The van der Waals surface area contributed by atoms with Crippen molar-refractivity contribution in [2.45, 2.75) is 29.4 Å². The summed E-state index contributed by atoms with van der Waals surface area (Å²) in [5.41, 5.74) is 0.595. The summed E-state index contributed by atoms with van der Waals surface area (Å²) in [6.07, 6.45) is 3.40. The normalized spacial score (nSPS) is 20.2. The summed E-state index contributed by atoms with van der Waals surface area (Å²) in [6, 6.07) is 0. The van der Waals surface area contributed by atoms with Crippen LogP contribution in [0.2, 0.25) is 0 Å². The van der Waals surface area contributed by atoms with Gasteiger partial charge in [-0.25, -0.2) is 4.79 Å². The number of carboxylic acid groups (broad SMARTS) is 1. The second-order valence-electron chi connectivity index (χ2n) is 4.47. The SMILES string of the molecule is CC(=O)N1CC2(CC2)Sc2c1coc2C(=O)O. The maximum absolute atomic E-state index is 11.6. The van der Waals surface area contributed by atoms with Crippen LogP contribution in [0.25, 0.3) is 0 Å². The number of amides is 1. The molecule has 1 fully saturated rings. The van der Waals surface area contributed by atoms with E-state index in [4.69, 9.17) is 9.52 Å². The summed E-state index contributed by atoms with van der Waals surface area (Å²) in [5.74, 6) is -1.21. The molecule has 0 radical (unpaired) electrons. The molecule has 0 unspecified atom stereocenters. The first kappa shape index (κ1) is 10.7. The van der Waals surface area contributed by atoms with E-state index in [1.54, 1.807) is 4.90 Å². The Morgan fingerprint density at radius 2 is 2.24 bits per heavy atom. The molecule has 1 amide bonds. The van der Waals surface area contributed by atoms with Crippen molar-refractivity contribution in [2.24, 2.45) is 0 Å². The quantitative estimate of drug-likeness (QED) is 0.828. The van der Waals surface area contributed by atoms with Crippen LogP contribution in [0, 0.1) is 0 Å². The summed E-state index contributed by atoms with van der Waals surface area (Å²) in [5, 5.41) is 9.03. The molecule has 6 heteroatoms. The van der Waals surface area contributed by atoms with Gasteiger partial charge in [0.15, 0.2) is 0 Å². The number of fused-ring (bicyclic) bond motifs is 1. The lowest BCUT2D eigenvalue weighted by atomic mass is 10.3. The number of anilines is 1. The van der Waals surface area contributed by atoms with Gasteiger partial charge in [-0.1, -0.05) is 0 Å². The average Bonchev–Trinajstić information content (AvgIpc) is 2.86. The number of carbonyl (C=O) groups excluding carboxylic acids is 1. The Balaban J connectivity index is 2.10. The monoisotopic (exact) mass is 253 g/mol. The van der Waals surface area contributed by atoms with Crippen molar-refractivity contribution in [1.29, 1.82) is 0 Å². The molecular weight excluding hydrogens is 242 g/mol. The Bertz CT molecular complexity index is 518. The summed E-state index contributed by atoms with van der Waals surface area (Å²) in [4.78, 5) is 24.8. The van der Waals surface area contributed by atoms with Gasteiger partial charge in [0.05, 0.1) is 10.6 Å². The number of carboxylic acids is 1. The lowest BCUT2D eigenvalue weighted by Crippen LogP contribution is -2.38. The Morgan fingerprint density at radius 1 is 1.53 bits per heavy atom. The van der Waals surface area contributed by atoms with Crippen LogP contribution >= 0.6 is 11.8 Å². The Hall–Kier alpha value is -1.43. The molecule has 0 aromatic carbocycles. The Kier molecular flexibility index (Phi) is 2.07. The lowest BCUT2D eigenvalue weighted by Gasteiger charge is -2.31. The fourth-order valence-corrected chi connectivity index (χ4v) is 3.50. The van der Waals surface area contributed by atoms with Gasteiger partial charge < -0.3 is 14.4 Å². The number of aromatic carboxylic acids is 1. The highest BCUT2D eigenvalue weighted by Gasteiger charge is 2.51. The molecule has 1 aliphatic carbocycles. The second kappa shape index (κ2) is 3.29. The summed E-state index contributed by atoms with van der Waals surface area (Å²) in [6.45, 7) is 2.14. The first-order chi connectivity index (χ1) is 8.02. The fraction of sp³-hybridized carbons (Fsp3) is 0.455. The van der Waals surface area contributed by atoms with Crippen LogP contribution in [0.1, 0.15) is 30.3 Å². The molecule has 2 heterocycles. The molecule has 2 aliphatic rings. The van der Waals surface area contributed by atoms with Crippen LogP contribution in [0.3, 0.4) is 0 Å². The number of hydrogen-bond acceptors (Lipinski definition) is 4. The van der Waals surface area contributed by atoms with Crippen molar-refractivity contribution in [3.8, 4) is 0 Å². The number of nitrogens with zero attached hydrogens (tertiary/aromatic N) is 1. The van der Waals surface area contributed by atoms with E-state index in [2.05, 4.69) is 0 Å². The average molecular weight is 253 g/mol.